The number of aromatic amines is 1. The van der Waals surface area contributed by atoms with Crippen LogP contribution in [0.2, 0.25) is 0 Å². The first-order chi connectivity index (χ1) is 9.40. The zero-order valence-corrected chi connectivity index (χ0v) is 10.3. The fourth-order valence-corrected chi connectivity index (χ4v) is 1.86. The minimum atomic E-state index is -1.15. The van der Waals surface area contributed by atoms with E-state index in [2.05, 4.69) is 4.98 Å². The number of aromatic carboxylic acids is 1. The summed E-state index contributed by atoms with van der Waals surface area (Å²) in [7, 11) is 0. The number of carboxylic acids is 1. The van der Waals surface area contributed by atoms with Gasteiger partial charge in [-0.3, -0.25) is 14.4 Å². The van der Waals surface area contributed by atoms with E-state index in [0.29, 0.717) is 5.52 Å². The van der Waals surface area contributed by atoms with Gasteiger partial charge >= 0.3 is 17.1 Å². The molecule has 0 bridgehead atoms. The van der Waals surface area contributed by atoms with Crippen LogP contribution in [-0.2, 0) is 11.3 Å². The molecular formula is C12H11N3O5. The highest BCUT2D eigenvalue weighted by Gasteiger charge is 2.11. The maximum atomic E-state index is 11.8. The zero-order valence-electron chi connectivity index (χ0n) is 10.3. The Morgan fingerprint density at radius 3 is 2.60 bits per heavy atom. The molecule has 0 atom stereocenters. The Kier molecular flexibility index (Phi) is 3.38. The van der Waals surface area contributed by atoms with Crippen LogP contribution in [0, 0.1) is 0 Å². The molecule has 104 valence electrons. The number of H-pyrrole nitrogens is 1. The van der Waals surface area contributed by atoms with E-state index in [1.165, 1.54) is 18.2 Å². The van der Waals surface area contributed by atoms with Crippen molar-refractivity contribution in [2.24, 2.45) is 5.73 Å². The number of hydrogen-bond acceptors (Lipinski definition) is 4. The molecule has 20 heavy (non-hydrogen) atoms. The molecule has 1 aromatic heterocycles. The number of benzene rings is 1. The Morgan fingerprint density at radius 2 is 2.00 bits per heavy atom. The first kappa shape index (κ1) is 13.5. The fourth-order valence-electron chi connectivity index (χ4n) is 1.86. The summed E-state index contributed by atoms with van der Waals surface area (Å²) in [6.07, 6.45) is -0.0981. The number of hydrogen-bond donors (Lipinski definition) is 3. The van der Waals surface area contributed by atoms with Crippen molar-refractivity contribution in [1.82, 2.24) is 9.55 Å². The molecule has 0 radical (unpaired) electrons. The Morgan fingerprint density at radius 1 is 1.30 bits per heavy atom. The molecule has 8 heteroatoms. The van der Waals surface area contributed by atoms with Gasteiger partial charge in [-0.15, -0.1) is 0 Å². The van der Waals surface area contributed by atoms with Gasteiger partial charge in [-0.25, -0.2) is 4.79 Å². The number of nitrogens with zero attached hydrogens (tertiary/aromatic N) is 1. The molecular weight excluding hydrogens is 266 g/mol. The standard InChI is InChI=1S/C12H11N3O5/c13-9(16)3-4-15-8-2-1-6(12(19)20)5-7(8)14-10(17)11(15)18/h1-2,5H,3-4H2,(H2,13,16)(H,14,17)(H,19,20). The molecule has 0 aliphatic carbocycles. The smallest absolute Gasteiger partial charge is 0.335 e. The van der Waals surface area contributed by atoms with Crippen molar-refractivity contribution in [3.63, 3.8) is 0 Å². The Hall–Kier alpha value is -2.90. The SMILES string of the molecule is NC(=O)CCn1c(=O)c(=O)[nH]c2cc(C(=O)O)ccc21. The minimum absolute atomic E-state index is 0.0201. The number of rotatable bonds is 4. The molecule has 0 aliphatic rings. The number of carboxylic acid groups (broad SMARTS) is 1. The van der Waals surface area contributed by atoms with Crippen LogP contribution in [0.5, 0.6) is 0 Å². The van der Waals surface area contributed by atoms with Gasteiger partial charge in [-0.2, -0.15) is 0 Å². The van der Waals surface area contributed by atoms with Gasteiger partial charge in [0.05, 0.1) is 16.6 Å². The molecule has 1 heterocycles. The number of carbonyl (C=O) groups is 2. The van der Waals surface area contributed by atoms with Crippen LogP contribution >= 0.6 is 0 Å². The molecule has 2 aromatic rings. The largest absolute Gasteiger partial charge is 0.478 e. The average molecular weight is 277 g/mol. The monoisotopic (exact) mass is 277 g/mol. The number of primary amides is 1. The molecule has 0 spiro atoms. The third-order valence-electron chi connectivity index (χ3n) is 2.80. The number of nitrogens with two attached hydrogens (primary N) is 1. The van der Waals surface area contributed by atoms with Crippen molar-refractivity contribution in [3.8, 4) is 0 Å². The van der Waals surface area contributed by atoms with Gasteiger partial charge in [0.2, 0.25) is 5.91 Å². The van der Waals surface area contributed by atoms with Crippen LogP contribution < -0.4 is 16.9 Å². The van der Waals surface area contributed by atoms with Gasteiger partial charge in [-0.05, 0) is 18.2 Å². The van der Waals surface area contributed by atoms with Crippen molar-refractivity contribution in [2.75, 3.05) is 0 Å². The van der Waals surface area contributed by atoms with Crippen LogP contribution in [0.4, 0.5) is 0 Å². The van der Waals surface area contributed by atoms with E-state index >= 15 is 0 Å². The molecule has 0 fully saturated rings. The number of nitrogens with one attached hydrogen (secondary N) is 1. The highest BCUT2D eigenvalue weighted by molar-refractivity contribution is 5.92. The predicted molar refractivity (Wildman–Crippen MR) is 69.6 cm³/mol. The summed E-state index contributed by atoms with van der Waals surface area (Å²) < 4.78 is 1.10. The van der Waals surface area contributed by atoms with E-state index < -0.39 is 23.0 Å². The third kappa shape index (κ3) is 2.44. The van der Waals surface area contributed by atoms with Crippen LogP contribution in [0.15, 0.2) is 27.8 Å². The molecule has 1 aromatic carbocycles. The maximum Gasteiger partial charge on any atom is 0.335 e. The van der Waals surface area contributed by atoms with Gasteiger partial charge in [0.1, 0.15) is 0 Å². The Bertz CT molecular complexity index is 818. The highest BCUT2D eigenvalue weighted by Crippen LogP contribution is 2.11. The molecule has 8 nitrogen and oxygen atoms in total. The normalized spacial score (nSPS) is 10.6. The highest BCUT2D eigenvalue weighted by atomic mass is 16.4. The summed E-state index contributed by atoms with van der Waals surface area (Å²) in [6.45, 7) is -0.0407. The van der Waals surface area contributed by atoms with Gasteiger partial charge in [0.15, 0.2) is 0 Å². The lowest BCUT2D eigenvalue weighted by Gasteiger charge is -2.08. The van der Waals surface area contributed by atoms with Crippen molar-refractivity contribution >= 4 is 22.9 Å². The summed E-state index contributed by atoms with van der Waals surface area (Å²) in [5, 5.41) is 8.89. The summed E-state index contributed by atoms with van der Waals surface area (Å²) in [4.78, 5) is 47.3. The lowest BCUT2D eigenvalue weighted by molar-refractivity contribution is -0.118. The van der Waals surface area contributed by atoms with Gasteiger partial charge < -0.3 is 20.4 Å². The number of amides is 1. The first-order valence-electron chi connectivity index (χ1n) is 5.68. The van der Waals surface area contributed by atoms with E-state index in [9.17, 15) is 19.2 Å². The first-order valence-corrected chi connectivity index (χ1v) is 5.68. The van der Waals surface area contributed by atoms with Crippen LogP contribution in [0.25, 0.3) is 11.0 Å². The summed E-state index contributed by atoms with van der Waals surface area (Å²) >= 11 is 0. The summed E-state index contributed by atoms with van der Waals surface area (Å²) in [5.74, 6) is -1.75. The second-order valence-electron chi connectivity index (χ2n) is 4.16. The van der Waals surface area contributed by atoms with E-state index in [0.717, 1.165) is 4.57 Å². The molecule has 0 unspecified atom stereocenters. The molecule has 1 amide bonds. The number of fused-ring (bicyclic) bond motifs is 1. The quantitative estimate of drug-likeness (QED) is 0.633. The molecule has 0 aliphatic heterocycles. The van der Waals surface area contributed by atoms with Crippen molar-refractivity contribution < 1.29 is 14.7 Å². The average Bonchev–Trinajstić information content (AvgIpc) is 2.38. The van der Waals surface area contributed by atoms with Crippen molar-refractivity contribution in [3.05, 3.63) is 44.5 Å². The van der Waals surface area contributed by atoms with E-state index in [1.54, 1.807) is 0 Å². The molecule has 4 N–H and O–H groups in total. The molecule has 0 saturated heterocycles. The number of aromatic nitrogens is 2. The lowest BCUT2D eigenvalue weighted by atomic mass is 10.2. The van der Waals surface area contributed by atoms with Gasteiger partial charge in [-0.1, -0.05) is 0 Å². The fraction of sp³-hybridized carbons (Fsp3) is 0.167. The van der Waals surface area contributed by atoms with Crippen molar-refractivity contribution in [1.29, 1.82) is 0 Å². The van der Waals surface area contributed by atoms with E-state index in [-0.39, 0.29) is 24.0 Å². The van der Waals surface area contributed by atoms with Gasteiger partial charge in [0.25, 0.3) is 0 Å². The summed E-state index contributed by atoms with van der Waals surface area (Å²) in [5.41, 5.74) is 3.84. The second kappa shape index (κ2) is 5.00. The second-order valence-corrected chi connectivity index (χ2v) is 4.16. The number of aryl methyl sites for hydroxylation is 1. The Labute approximate surface area is 111 Å². The molecule has 0 saturated carbocycles. The summed E-state index contributed by atoms with van der Waals surface area (Å²) in [6, 6.07) is 3.96. The predicted octanol–water partition coefficient (Wildman–Crippen LogP) is -0.737. The Balaban J connectivity index is 2.68. The minimum Gasteiger partial charge on any atom is -0.478 e. The third-order valence-corrected chi connectivity index (χ3v) is 2.80. The van der Waals surface area contributed by atoms with Crippen LogP contribution in [0.1, 0.15) is 16.8 Å². The molecule has 2 rings (SSSR count). The van der Waals surface area contributed by atoms with Gasteiger partial charge in [0, 0.05) is 13.0 Å². The van der Waals surface area contributed by atoms with Crippen LogP contribution in [0.3, 0.4) is 0 Å². The van der Waals surface area contributed by atoms with Crippen LogP contribution in [-0.4, -0.2) is 26.5 Å². The lowest BCUT2D eigenvalue weighted by Crippen LogP contribution is -2.37. The van der Waals surface area contributed by atoms with E-state index in [4.69, 9.17) is 10.8 Å². The zero-order chi connectivity index (χ0) is 14.9. The number of carbonyl (C=O) groups excluding carboxylic acids is 1. The van der Waals surface area contributed by atoms with Crippen molar-refractivity contribution in [2.45, 2.75) is 13.0 Å². The maximum absolute atomic E-state index is 11.8. The topological polar surface area (TPSA) is 135 Å². The van der Waals surface area contributed by atoms with E-state index in [1.807, 2.05) is 0 Å².